The second-order valence-corrected chi connectivity index (χ2v) is 4.58. The van der Waals surface area contributed by atoms with Gasteiger partial charge in [0, 0.05) is 0 Å². The number of benzene rings is 1. The van der Waals surface area contributed by atoms with Crippen molar-refractivity contribution >= 4 is 11.6 Å². The van der Waals surface area contributed by atoms with Gasteiger partial charge in [0.15, 0.2) is 0 Å². The summed E-state index contributed by atoms with van der Waals surface area (Å²) in [7, 11) is 0. The maximum atomic E-state index is 13.4. The summed E-state index contributed by atoms with van der Waals surface area (Å²) in [6.45, 7) is 3.44. The topological polar surface area (TPSA) is 54.9 Å². The van der Waals surface area contributed by atoms with E-state index in [-0.39, 0.29) is 10.8 Å². The quantitative estimate of drug-likeness (QED) is 0.859. The molecular formula is C13H12ClFN2O2. The lowest BCUT2D eigenvalue weighted by Crippen LogP contribution is -2.36. The van der Waals surface area contributed by atoms with Crippen LogP contribution in [0.25, 0.3) is 5.69 Å². The van der Waals surface area contributed by atoms with E-state index in [1.807, 2.05) is 0 Å². The molecule has 1 N–H and O–H groups in total. The van der Waals surface area contributed by atoms with Gasteiger partial charge in [0.05, 0.1) is 11.3 Å². The van der Waals surface area contributed by atoms with E-state index in [4.69, 9.17) is 11.6 Å². The zero-order valence-corrected chi connectivity index (χ0v) is 11.2. The van der Waals surface area contributed by atoms with Crippen molar-refractivity contribution in [2.24, 2.45) is 0 Å². The zero-order valence-electron chi connectivity index (χ0n) is 10.5. The lowest BCUT2D eigenvalue weighted by atomic mass is 10.2. The van der Waals surface area contributed by atoms with Crippen molar-refractivity contribution in [2.45, 2.75) is 20.3 Å². The minimum atomic E-state index is -0.683. The molecule has 1 heterocycles. The fourth-order valence-electron chi connectivity index (χ4n) is 1.93. The molecule has 2 rings (SSSR count). The summed E-state index contributed by atoms with van der Waals surface area (Å²) >= 11 is 5.81. The van der Waals surface area contributed by atoms with Crippen molar-refractivity contribution in [3.05, 3.63) is 61.1 Å². The largest absolute Gasteiger partial charge is 0.334 e. The third-order valence-corrected chi connectivity index (χ3v) is 3.11. The highest BCUT2D eigenvalue weighted by Gasteiger charge is 2.13. The lowest BCUT2D eigenvalue weighted by Gasteiger charge is -2.08. The van der Waals surface area contributed by atoms with Gasteiger partial charge in [-0.1, -0.05) is 18.5 Å². The van der Waals surface area contributed by atoms with Gasteiger partial charge in [-0.05, 0) is 37.1 Å². The molecule has 0 saturated heterocycles. The van der Waals surface area contributed by atoms with Crippen molar-refractivity contribution in [3.8, 4) is 5.69 Å². The predicted molar refractivity (Wildman–Crippen MR) is 71.7 cm³/mol. The third-order valence-electron chi connectivity index (χ3n) is 2.78. The van der Waals surface area contributed by atoms with Gasteiger partial charge in [0.25, 0.3) is 5.56 Å². The molecule has 0 aliphatic rings. The highest BCUT2D eigenvalue weighted by molar-refractivity contribution is 6.30. The minimum absolute atomic E-state index is 0.0295. The summed E-state index contributed by atoms with van der Waals surface area (Å²) in [4.78, 5) is 26.4. The molecule has 1 aromatic carbocycles. The fraction of sp³-hybridized carbons (Fsp3) is 0.231. The van der Waals surface area contributed by atoms with E-state index in [9.17, 15) is 14.0 Å². The number of rotatable bonds is 2. The molecule has 100 valence electrons. The molecule has 0 saturated carbocycles. The Hall–Kier alpha value is -1.88. The predicted octanol–water partition coefficient (Wildman–Crippen LogP) is 2.19. The standard InChI is InChI=1S/C13H12ClFN2O2/c1-3-10-11(14)16-13(19)17(12(10)18)9-5-7(2)4-8(15)6-9/h4-6H,3H2,1-2H3,(H,16,19). The Labute approximate surface area is 113 Å². The van der Waals surface area contributed by atoms with E-state index in [1.165, 1.54) is 6.07 Å². The molecule has 0 amide bonds. The van der Waals surface area contributed by atoms with Gasteiger partial charge < -0.3 is 0 Å². The Morgan fingerprint density at radius 1 is 1.32 bits per heavy atom. The van der Waals surface area contributed by atoms with E-state index < -0.39 is 17.1 Å². The average molecular weight is 283 g/mol. The molecule has 2 aromatic rings. The lowest BCUT2D eigenvalue weighted by molar-refractivity contribution is 0.624. The Balaban J connectivity index is 2.83. The maximum absolute atomic E-state index is 13.4. The molecule has 0 atom stereocenters. The average Bonchev–Trinajstić information content (AvgIpc) is 2.27. The molecule has 0 radical (unpaired) electrons. The van der Waals surface area contributed by atoms with Crippen molar-refractivity contribution in [3.63, 3.8) is 0 Å². The van der Waals surface area contributed by atoms with E-state index in [0.29, 0.717) is 17.5 Å². The van der Waals surface area contributed by atoms with Crippen LogP contribution in [0.2, 0.25) is 5.15 Å². The number of hydrogen-bond acceptors (Lipinski definition) is 2. The molecule has 0 spiro atoms. The van der Waals surface area contributed by atoms with Crippen LogP contribution in [0.1, 0.15) is 18.1 Å². The van der Waals surface area contributed by atoms with Crippen LogP contribution in [0, 0.1) is 12.7 Å². The highest BCUT2D eigenvalue weighted by atomic mass is 35.5. The molecule has 6 heteroatoms. The van der Waals surface area contributed by atoms with Crippen LogP contribution in [0.4, 0.5) is 4.39 Å². The first-order chi connectivity index (χ1) is 8.93. The fourth-order valence-corrected chi connectivity index (χ4v) is 2.23. The Kier molecular flexibility index (Phi) is 3.57. The Morgan fingerprint density at radius 2 is 2.00 bits per heavy atom. The first kappa shape index (κ1) is 13.5. The Morgan fingerprint density at radius 3 is 2.58 bits per heavy atom. The number of H-pyrrole nitrogens is 1. The van der Waals surface area contributed by atoms with Gasteiger partial charge in [-0.15, -0.1) is 0 Å². The number of hydrogen-bond donors (Lipinski definition) is 1. The molecule has 0 aliphatic carbocycles. The molecule has 19 heavy (non-hydrogen) atoms. The van der Waals surface area contributed by atoms with Gasteiger partial charge in [-0.3, -0.25) is 9.78 Å². The summed E-state index contributed by atoms with van der Waals surface area (Å²) in [5.74, 6) is -0.505. The molecule has 4 nitrogen and oxygen atoms in total. The van der Waals surface area contributed by atoms with E-state index in [1.54, 1.807) is 19.9 Å². The minimum Gasteiger partial charge on any atom is -0.297 e. The number of nitrogens with one attached hydrogen (secondary N) is 1. The zero-order chi connectivity index (χ0) is 14.2. The van der Waals surface area contributed by atoms with Crippen molar-refractivity contribution in [2.75, 3.05) is 0 Å². The molecule has 0 aliphatic heterocycles. The summed E-state index contributed by atoms with van der Waals surface area (Å²) in [6.07, 6.45) is 0.378. The SMILES string of the molecule is CCc1c(Cl)[nH]c(=O)n(-c2cc(C)cc(F)c2)c1=O. The molecule has 1 aromatic heterocycles. The van der Waals surface area contributed by atoms with Crippen molar-refractivity contribution in [1.82, 2.24) is 9.55 Å². The van der Waals surface area contributed by atoms with Crippen LogP contribution in [0.5, 0.6) is 0 Å². The third kappa shape index (κ3) is 2.46. The first-order valence-electron chi connectivity index (χ1n) is 5.75. The van der Waals surface area contributed by atoms with Gasteiger partial charge in [-0.25, -0.2) is 13.8 Å². The monoisotopic (exact) mass is 282 g/mol. The first-order valence-corrected chi connectivity index (χ1v) is 6.13. The normalized spacial score (nSPS) is 10.7. The van der Waals surface area contributed by atoms with Crippen LogP contribution in [0.3, 0.4) is 0 Å². The number of aromatic amines is 1. The Bertz CT molecular complexity index is 729. The van der Waals surface area contributed by atoms with Crippen LogP contribution in [-0.2, 0) is 6.42 Å². The van der Waals surface area contributed by atoms with Crippen LogP contribution >= 0.6 is 11.6 Å². The van der Waals surface area contributed by atoms with Crippen molar-refractivity contribution < 1.29 is 4.39 Å². The highest BCUT2D eigenvalue weighted by Crippen LogP contribution is 2.12. The van der Waals surface area contributed by atoms with E-state index >= 15 is 0 Å². The van der Waals surface area contributed by atoms with Crippen molar-refractivity contribution in [1.29, 1.82) is 0 Å². The summed E-state index contributed by atoms with van der Waals surface area (Å²) < 4.78 is 14.3. The van der Waals surface area contributed by atoms with Crippen LogP contribution in [0.15, 0.2) is 27.8 Å². The maximum Gasteiger partial charge on any atom is 0.334 e. The van der Waals surface area contributed by atoms with Crippen LogP contribution < -0.4 is 11.2 Å². The number of nitrogens with zero attached hydrogens (tertiary/aromatic N) is 1. The summed E-state index contributed by atoms with van der Waals surface area (Å²) in [6, 6.07) is 4.02. The summed E-state index contributed by atoms with van der Waals surface area (Å²) in [5.41, 5.74) is -0.106. The summed E-state index contributed by atoms with van der Waals surface area (Å²) in [5, 5.41) is 0.0295. The number of halogens is 2. The smallest absolute Gasteiger partial charge is 0.297 e. The molecule has 0 unspecified atom stereocenters. The molecule has 0 fully saturated rings. The van der Waals surface area contributed by atoms with Gasteiger partial charge in [0.1, 0.15) is 11.0 Å². The van der Waals surface area contributed by atoms with E-state index in [0.717, 1.165) is 10.6 Å². The van der Waals surface area contributed by atoms with Gasteiger partial charge in [-0.2, -0.15) is 0 Å². The second-order valence-electron chi connectivity index (χ2n) is 4.20. The van der Waals surface area contributed by atoms with E-state index in [2.05, 4.69) is 4.98 Å². The second kappa shape index (κ2) is 5.01. The van der Waals surface area contributed by atoms with Crippen LogP contribution in [-0.4, -0.2) is 9.55 Å². The van der Waals surface area contributed by atoms with Gasteiger partial charge >= 0.3 is 5.69 Å². The molecule has 0 bridgehead atoms. The molecular weight excluding hydrogens is 271 g/mol. The van der Waals surface area contributed by atoms with Gasteiger partial charge in [0.2, 0.25) is 0 Å². The number of aryl methyl sites for hydroxylation is 1. The number of aromatic nitrogens is 2.